The Labute approximate surface area is 134 Å². The van der Waals surface area contributed by atoms with Crippen molar-refractivity contribution in [1.82, 2.24) is 14.9 Å². The molecule has 0 bridgehead atoms. The highest BCUT2D eigenvalue weighted by molar-refractivity contribution is 6.02. The number of pyridine rings is 1. The molecule has 0 aliphatic carbocycles. The van der Waals surface area contributed by atoms with E-state index in [0.717, 1.165) is 4.85 Å². The Balaban J connectivity index is 1.84. The molecule has 0 saturated heterocycles. The summed E-state index contributed by atoms with van der Waals surface area (Å²) in [5.41, 5.74) is 0.211. The van der Waals surface area contributed by atoms with Crippen LogP contribution in [0.15, 0.2) is 59.5 Å². The van der Waals surface area contributed by atoms with Gasteiger partial charge in [-0.05, 0) is 18.2 Å². The number of nitrogens with zero attached hydrogens (tertiary/aromatic N) is 2. The molecule has 1 N–H and O–H groups in total. The molecule has 0 fully saturated rings. The van der Waals surface area contributed by atoms with Gasteiger partial charge in [-0.2, -0.15) is 0 Å². The van der Waals surface area contributed by atoms with Crippen molar-refractivity contribution < 1.29 is 14.0 Å². The molecule has 24 heavy (non-hydrogen) atoms. The summed E-state index contributed by atoms with van der Waals surface area (Å²) in [6.45, 7) is 0. The van der Waals surface area contributed by atoms with Gasteiger partial charge in [-0.15, -0.1) is 0 Å². The maximum absolute atomic E-state index is 13.8. The maximum Gasteiger partial charge on any atom is 0.365 e. The van der Waals surface area contributed by atoms with Crippen molar-refractivity contribution in [2.45, 2.75) is 0 Å². The summed E-state index contributed by atoms with van der Waals surface area (Å²) in [5, 5.41) is 3.32. The van der Waals surface area contributed by atoms with Crippen LogP contribution < -0.4 is 10.4 Å². The molecule has 0 aliphatic heterocycles. The van der Waals surface area contributed by atoms with E-state index in [1.807, 2.05) is 0 Å². The van der Waals surface area contributed by atoms with Crippen molar-refractivity contribution in [3.05, 3.63) is 76.5 Å². The maximum atomic E-state index is 13.8. The first-order valence-corrected chi connectivity index (χ1v) is 7.11. The summed E-state index contributed by atoms with van der Waals surface area (Å²) in [5.74, 6) is -1.18. The number of hydrogen-bond acceptors (Lipinski definition) is 4. The van der Waals surface area contributed by atoms with Gasteiger partial charge in [-0.1, -0.05) is 35.2 Å². The fraction of sp³-hybridized carbons (Fsp3) is 0. The van der Waals surface area contributed by atoms with Crippen LogP contribution in [-0.4, -0.2) is 20.9 Å². The molecule has 0 spiro atoms. The predicted octanol–water partition coefficient (Wildman–Crippen LogP) is 2.29. The predicted molar refractivity (Wildman–Crippen MR) is 85.2 cm³/mol. The summed E-state index contributed by atoms with van der Waals surface area (Å²) < 4.78 is 13.8. The second-order valence-electron chi connectivity index (χ2n) is 5.14. The lowest BCUT2D eigenvalue weighted by Crippen LogP contribution is -2.29. The second kappa shape index (κ2) is 5.31. The van der Waals surface area contributed by atoms with Gasteiger partial charge in [0.05, 0.1) is 16.5 Å². The van der Waals surface area contributed by atoms with E-state index in [-0.39, 0.29) is 10.9 Å². The fourth-order valence-corrected chi connectivity index (χ4v) is 2.51. The number of aromatic nitrogens is 3. The first-order chi connectivity index (χ1) is 11.6. The van der Waals surface area contributed by atoms with Crippen LogP contribution >= 0.6 is 0 Å². The molecule has 6 nitrogen and oxygen atoms in total. The highest BCUT2D eigenvalue weighted by Gasteiger charge is 2.16. The molecule has 0 unspecified atom stereocenters. The average molecular weight is 323 g/mol. The molecule has 0 amide bonds. The Morgan fingerprint density at radius 2 is 1.88 bits per heavy atom. The van der Waals surface area contributed by atoms with Gasteiger partial charge in [0.2, 0.25) is 0 Å². The minimum absolute atomic E-state index is 0.132. The standard InChI is InChI=1S/C17H10FN3O3/c18-13-8-4-7-11-14-12(9-19-15(11)13)16(22)21(20-14)24-17(23)10-5-2-1-3-6-10/h1-9,20H. The summed E-state index contributed by atoms with van der Waals surface area (Å²) in [6.07, 6.45) is 1.26. The van der Waals surface area contributed by atoms with E-state index in [1.54, 1.807) is 36.4 Å². The second-order valence-corrected chi connectivity index (χ2v) is 5.14. The van der Waals surface area contributed by atoms with Gasteiger partial charge in [0, 0.05) is 11.6 Å². The van der Waals surface area contributed by atoms with E-state index >= 15 is 0 Å². The molecule has 2 aromatic heterocycles. The molecule has 0 saturated carbocycles. The number of nitrogens with one attached hydrogen (secondary N) is 1. The molecule has 7 heteroatoms. The van der Waals surface area contributed by atoms with Gasteiger partial charge < -0.3 is 4.84 Å². The molecule has 0 radical (unpaired) electrons. The Morgan fingerprint density at radius 3 is 2.67 bits per heavy atom. The number of rotatable bonds is 2. The minimum atomic E-state index is -0.687. The third kappa shape index (κ3) is 2.14. The smallest absolute Gasteiger partial charge is 0.312 e. The summed E-state index contributed by atoms with van der Waals surface area (Å²) in [7, 11) is 0. The van der Waals surface area contributed by atoms with Crippen molar-refractivity contribution in [1.29, 1.82) is 0 Å². The van der Waals surface area contributed by atoms with Gasteiger partial charge in [-0.3, -0.25) is 14.9 Å². The Bertz CT molecular complexity index is 1130. The van der Waals surface area contributed by atoms with Crippen LogP contribution in [-0.2, 0) is 0 Å². The zero-order chi connectivity index (χ0) is 16.7. The largest absolute Gasteiger partial charge is 0.365 e. The molecule has 0 aliphatic rings. The normalized spacial score (nSPS) is 11.0. The van der Waals surface area contributed by atoms with Gasteiger partial charge in [0.25, 0.3) is 0 Å². The van der Waals surface area contributed by atoms with Gasteiger partial charge in [0.15, 0.2) is 0 Å². The van der Waals surface area contributed by atoms with Crippen LogP contribution in [0.5, 0.6) is 0 Å². The van der Waals surface area contributed by atoms with Crippen LogP contribution in [0, 0.1) is 5.82 Å². The lowest BCUT2D eigenvalue weighted by Gasteiger charge is -2.02. The van der Waals surface area contributed by atoms with Crippen LogP contribution in [0.25, 0.3) is 21.8 Å². The van der Waals surface area contributed by atoms with E-state index in [4.69, 9.17) is 4.84 Å². The zero-order valence-electron chi connectivity index (χ0n) is 12.2. The third-order valence-corrected chi connectivity index (χ3v) is 3.66. The SMILES string of the molecule is O=C(On1[nH]c2c(cnc3c(F)cccc32)c1=O)c1ccccc1. The number of benzene rings is 2. The molecule has 4 rings (SSSR count). The topological polar surface area (TPSA) is 77.0 Å². The Morgan fingerprint density at radius 1 is 1.08 bits per heavy atom. The monoisotopic (exact) mass is 323 g/mol. The quantitative estimate of drug-likeness (QED) is 0.614. The minimum Gasteiger partial charge on any atom is -0.312 e. The molecular weight excluding hydrogens is 313 g/mol. The molecule has 4 aromatic rings. The Hall–Kier alpha value is -3.48. The lowest BCUT2D eigenvalue weighted by atomic mass is 10.1. The number of carbonyl (C=O) groups is 1. The zero-order valence-corrected chi connectivity index (χ0v) is 12.2. The summed E-state index contributed by atoms with van der Waals surface area (Å²) >= 11 is 0. The van der Waals surface area contributed by atoms with Gasteiger partial charge in [0.1, 0.15) is 11.3 Å². The third-order valence-electron chi connectivity index (χ3n) is 3.66. The molecule has 2 heterocycles. The fourth-order valence-electron chi connectivity index (χ4n) is 2.51. The summed E-state index contributed by atoms with van der Waals surface area (Å²) in [6, 6.07) is 12.7. The van der Waals surface area contributed by atoms with E-state index in [1.165, 1.54) is 18.3 Å². The van der Waals surface area contributed by atoms with E-state index < -0.39 is 17.3 Å². The highest BCUT2D eigenvalue weighted by atomic mass is 19.1. The van der Waals surface area contributed by atoms with Crippen molar-refractivity contribution in [3.63, 3.8) is 0 Å². The molecular formula is C17H10FN3O3. The van der Waals surface area contributed by atoms with Crippen LogP contribution in [0.3, 0.4) is 0 Å². The van der Waals surface area contributed by atoms with Crippen LogP contribution in [0.2, 0.25) is 0 Å². The number of H-pyrrole nitrogens is 1. The number of aromatic amines is 1. The molecule has 2 aromatic carbocycles. The summed E-state index contributed by atoms with van der Waals surface area (Å²) in [4.78, 5) is 34.2. The van der Waals surface area contributed by atoms with Crippen molar-refractivity contribution in [3.8, 4) is 0 Å². The average Bonchev–Trinajstić information content (AvgIpc) is 2.92. The number of fused-ring (bicyclic) bond motifs is 3. The van der Waals surface area contributed by atoms with Crippen molar-refractivity contribution in [2.24, 2.45) is 0 Å². The molecule has 0 atom stereocenters. The van der Waals surface area contributed by atoms with Gasteiger partial charge in [-0.25, -0.2) is 9.18 Å². The number of hydrogen-bond donors (Lipinski definition) is 1. The van der Waals surface area contributed by atoms with Crippen molar-refractivity contribution >= 4 is 27.8 Å². The van der Waals surface area contributed by atoms with Gasteiger partial charge >= 0.3 is 11.5 Å². The number of halogens is 1. The first kappa shape index (κ1) is 14.1. The Kier molecular flexibility index (Phi) is 3.13. The van der Waals surface area contributed by atoms with E-state index in [0.29, 0.717) is 16.5 Å². The molecule has 118 valence electrons. The first-order valence-electron chi connectivity index (χ1n) is 7.11. The van der Waals surface area contributed by atoms with E-state index in [9.17, 15) is 14.0 Å². The van der Waals surface area contributed by atoms with Crippen LogP contribution in [0.4, 0.5) is 4.39 Å². The lowest BCUT2D eigenvalue weighted by molar-refractivity contribution is 0.0380. The van der Waals surface area contributed by atoms with E-state index in [2.05, 4.69) is 10.1 Å². The number of carbonyl (C=O) groups excluding carboxylic acids is 1. The van der Waals surface area contributed by atoms with Crippen LogP contribution in [0.1, 0.15) is 10.4 Å². The highest BCUT2D eigenvalue weighted by Crippen LogP contribution is 2.21. The number of para-hydroxylation sites is 1. The van der Waals surface area contributed by atoms with Crippen molar-refractivity contribution in [2.75, 3.05) is 0 Å².